The monoisotopic (exact) mass is 353 g/mol. The van der Waals surface area contributed by atoms with Crippen molar-refractivity contribution in [1.82, 2.24) is 14.9 Å². The fraction of sp³-hybridized carbons (Fsp3) is 0.263. The Balaban J connectivity index is 1.74. The van der Waals surface area contributed by atoms with E-state index in [1.165, 1.54) is 11.3 Å². The normalized spacial score (nSPS) is 10.6. The fourth-order valence-electron chi connectivity index (χ4n) is 2.81. The molecule has 0 amide bonds. The summed E-state index contributed by atoms with van der Waals surface area (Å²) >= 11 is 5.35. The summed E-state index contributed by atoms with van der Waals surface area (Å²) in [6.45, 7) is 7.04. The van der Waals surface area contributed by atoms with Gasteiger partial charge >= 0.3 is 0 Å². The van der Waals surface area contributed by atoms with Crippen LogP contribution < -0.4 is 10.3 Å². The molecule has 1 aromatic heterocycles. The van der Waals surface area contributed by atoms with E-state index in [1.807, 2.05) is 35.0 Å². The molecule has 0 fully saturated rings. The summed E-state index contributed by atoms with van der Waals surface area (Å²) in [6, 6.07) is 18.6. The maximum atomic E-state index is 5.35. The van der Waals surface area contributed by atoms with Crippen LogP contribution in [0.4, 0.5) is 5.69 Å². The molecule has 2 aromatic carbocycles. The van der Waals surface area contributed by atoms with E-state index < -0.39 is 0 Å². The zero-order chi connectivity index (χ0) is 17.6. The summed E-state index contributed by atoms with van der Waals surface area (Å²) in [5, 5.41) is 7.19. The van der Waals surface area contributed by atoms with Gasteiger partial charge in [0.15, 0.2) is 5.82 Å². The van der Waals surface area contributed by atoms with Crippen LogP contribution in [-0.4, -0.2) is 28.0 Å². The van der Waals surface area contributed by atoms with E-state index in [-0.39, 0.29) is 0 Å². The van der Waals surface area contributed by atoms with Gasteiger partial charge in [-0.05, 0) is 43.8 Å². The molecule has 3 rings (SSSR count). The standard InChI is InChI=1S/C19H23N5S/c1-3-23(4-2)17-12-10-15(11-13-17)14-20-24-18(21-22-19(24)25)16-8-6-5-7-9-16/h5-13,20H,3-4,14H2,1-2H3,(H,22,25). The van der Waals surface area contributed by atoms with E-state index in [0.29, 0.717) is 11.3 Å². The number of anilines is 1. The van der Waals surface area contributed by atoms with Crippen LogP contribution in [0.2, 0.25) is 0 Å². The minimum Gasteiger partial charge on any atom is -0.372 e. The number of rotatable bonds is 7. The molecule has 25 heavy (non-hydrogen) atoms. The molecule has 3 aromatic rings. The van der Waals surface area contributed by atoms with Gasteiger partial charge in [-0.1, -0.05) is 42.5 Å². The molecule has 6 heteroatoms. The molecule has 0 atom stereocenters. The van der Waals surface area contributed by atoms with Crippen LogP contribution in [0, 0.1) is 4.77 Å². The lowest BCUT2D eigenvalue weighted by atomic mass is 10.2. The Hall–Kier alpha value is -2.60. The minimum absolute atomic E-state index is 0.554. The Morgan fingerprint density at radius 2 is 1.72 bits per heavy atom. The van der Waals surface area contributed by atoms with E-state index in [9.17, 15) is 0 Å². The highest BCUT2D eigenvalue weighted by molar-refractivity contribution is 7.71. The lowest BCUT2D eigenvalue weighted by Crippen LogP contribution is -2.21. The van der Waals surface area contributed by atoms with Gasteiger partial charge in [0.2, 0.25) is 4.77 Å². The highest BCUT2D eigenvalue weighted by Gasteiger charge is 2.08. The van der Waals surface area contributed by atoms with E-state index in [2.05, 4.69) is 58.6 Å². The molecule has 2 N–H and O–H groups in total. The van der Waals surface area contributed by atoms with Crippen LogP contribution in [-0.2, 0) is 6.54 Å². The van der Waals surface area contributed by atoms with Gasteiger partial charge < -0.3 is 10.3 Å². The Morgan fingerprint density at radius 3 is 2.36 bits per heavy atom. The Morgan fingerprint density at radius 1 is 1.04 bits per heavy atom. The van der Waals surface area contributed by atoms with Crippen molar-refractivity contribution in [2.75, 3.05) is 23.4 Å². The molecule has 0 aliphatic rings. The van der Waals surface area contributed by atoms with Crippen molar-refractivity contribution in [3.8, 4) is 11.4 Å². The topological polar surface area (TPSA) is 48.9 Å². The van der Waals surface area contributed by atoms with Gasteiger partial charge in [0.25, 0.3) is 0 Å². The Kier molecular flexibility index (Phi) is 5.50. The van der Waals surface area contributed by atoms with Gasteiger partial charge in [-0.2, -0.15) is 5.10 Å². The number of aromatic nitrogens is 3. The first-order valence-corrected chi connectivity index (χ1v) is 8.94. The van der Waals surface area contributed by atoms with Gasteiger partial charge in [-0.3, -0.25) is 0 Å². The van der Waals surface area contributed by atoms with Gasteiger partial charge in [0.05, 0.1) is 6.54 Å². The predicted molar refractivity (Wildman–Crippen MR) is 106 cm³/mol. The van der Waals surface area contributed by atoms with E-state index >= 15 is 0 Å². The van der Waals surface area contributed by atoms with Crippen LogP contribution in [0.5, 0.6) is 0 Å². The summed E-state index contributed by atoms with van der Waals surface area (Å²) in [4.78, 5) is 2.33. The van der Waals surface area contributed by atoms with E-state index in [0.717, 1.165) is 24.5 Å². The quantitative estimate of drug-likeness (QED) is 0.625. The molecule has 0 saturated heterocycles. The largest absolute Gasteiger partial charge is 0.372 e. The van der Waals surface area contributed by atoms with Gasteiger partial charge in [-0.15, -0.1) is 0 Å². The van der Waals surface area contributed by atoms with Crippen LogP contribution in [0.15, 0.2) is 54.6 Å². The van der Waals surface area contributed by atoms with Crippen molar-refractivity contribution in [3.63, 3.8) is 0 Å². The first-order valence-electron chi connectivity index (χ1n) is 8.53. The fourth-order valence-corrected chi connectivity index (χ4v) is 3.00. The van der Waals surface area contributed by atoms with Crippen molar-refractivity contribution in [1.29, 1.82) is 0 Å². The molecule has 0 aliphatic heterocycles. The van der Waals surface area contributed by atoms with Gasteiger partial charge in [0.1, 0.15) is 0 Å². The maximum Gasteiger partial charge on any atom is 0.214 e. The summed E-state index contributed by atoms with van der Waals surface area (Å²) in [5.74, 6) is 0.783. The second kappa shape index (κ2) is 7.98. The molecule has 0 radical (unpaired) electrons. The summed E-state index contributed by atoms with van der Waals surface area (Å²) < 4.78 is 2.38. The van der Waals surface area contributed by atoms with Gasteiger partial charge in [-0.25, -0.2) is 9.77 Å². The molecular formula is C19H23N5S. The molecule has 0 spiro atoms. The Bertz CT molecular complexity index is 848. The summed E-state index contributed by atoms with van der Waals surface area (Å²) in [6.07, 6.45) is 0. The Labute approximate surface area is 153 Å². The summed E-state index contributed by atoms with van der Waals surface area (Å²) in [5.41, 5.74) is 6.81. The van der Waals surface area contributed by atoms with E-state index in [4.69, 9.17) is 12.2 Å². The van der Waals surface area contributed by atoms with Crippen LogP contribution in [0.3, 0.4) is 0 Å². The molecule has 5 nitrogen and oxygen atoms in total. The van der Waals surface area contributed by atoms with E-state index in [1.54, 1.807) is 0 Å². The van der Waals surface area contributed by atoms with Crippen LogP contribution >= 0.6 is 12.2 Å². The number of nitrogens with one attached hydrogen (secondary N) is 2. The number of nitrogens with zero attached hydrogens (tertiary/aromatic N) is 3. The van der Waals surface area contributed by atoms with Gasteiger partial charge in [0, 0.05) is 24.3 Å². The predicted octanol–water partition coefficient (Wildman–Crippen LogP) is 4.20. The third kappa shape index (κ3) is 3.91. The lowest BCUT2D eigenvalue weighted by molar-refractivity contribution is 0.830. The minimum atomic E-state index is 0.554. The number of hydrogen-bond donors (Lipinski definition) is 2. The SMILES string of the molecule is CCN(CC)c1ccc(CNn2c(-c3ccccc3)n[nH]c2=S)cc1. The first-order chi connectivity index (χ1) is 12.2. The molecule has 1 heterocycles. The lowest BCUT2D eigenvalue weighted by Gasteiger charge is -2.21. The highest BCUT2D eigenvalue weighted by Crippen LogP contribution is 2.17. The molecule has 0 saturated carbocycles. The molecule has 130 valence electrons. The summed E-state index contributed by atoms with van der Waals surface area (Å²) in [7, 11) is 0. The smallest absolute Gasteiger partial charge is 0.214 e. The average molecular weight is 353 g/mol. The van der Waals surface area contributed by atoms with Crippen molar-refractivity contribution in [3.05, 3.63) is 64.9 Å². The molecular weight excluding hydrogens is 330 g/mol. The zero-order valence-electron chi connectivity index (χ0n) is 14.6. The molecule has 0 bridgehead atoms. The molecule has 0 unspecified atom stereocenters. The third-order valence-electron chi connectivity index (χ3n) is 4.21. The third-order valence-corrected chi connectivity index (χ3v) is 4.48. The number of H-pyrrole nitrogens is 1. The number of benzene rings is 2. The van der Waals surface area contributed by atoms with Crippen molar-refractivity contribution < 1.29 is 0 Å². The average Bonchev–Trinajstić information content (AvgIpc) is 3.03. The second-order valence-electron chi connectivity index (χ2n) is 5.73. The molecule has 0 aliphatic carbocycles. The van der Waals surface area contributed by atoms with Crippen molar-refractivity contribution >= 4 is 17.9 Å². The zero-order valence-corrected chi connectivity index (χ0v) is 15.4. The van der Waals surface area contributed by atoms with Crippen LogP contribution in [0.1, 0.15) is 19.4 Å². The maximum absolute atomic E-state index is 5.35. The highest BCUT2D eigenvalue weighted by atomic mass is 32.1. The van der Waals surface area contributed by atoms with Crippen molar-refractivity contribution in [2.45, 2.75) is 20.4 Å². The number of hydrogen-bond acceptors (Lipinski definition) is 4. The second-order valence-corrected chi connectivity index (χ2v) is 6.11. The first kappa shape index (κ1) is 17.2. The van der Waals surface area contributed by atoms with Crippen molar-refractivity contribution in [2.24, 2.45) is 0 Å². The number of aromatic amines is 1. The van der Waals surface area contributed by atoms with Crippen LogP contribution in [0.25, 0.3) is 11.4 Å².